The van der Waals surface area contributed by atoms with E-state index in [1.807, 2.05) is 31.2 Å². The number of benzene rings is 2. The van der Waals surface area contributed by atoms with Crippen molar-refractivity contribution in [2.45, 2.75) is 12.7 Å². The van der Waals surface area contributed by atoms with Crippen LogP contribution in [0.4, 0.5) is 0 Å². The van der Waals surface area contributed by atoms with Crippen molar-refractivity contribution in [3.63, 3.8) is 0 Å². The maximum absolute atomic E-state index is 12.8. The minimum absolute atomic E-state index is 0.0174. The largest absolute Gasteiger partial charge is 0.443 e. The highest BCUT2D eigenvalue weighted by Crippen LogP contribution is 2.19. The second-order valence-corrected chi connectivity index (χ2v) is 8.88. The summed E-state index contributed by atoms with van der Waals surface area (Å²) >= 11 is 0. The van der Waals surface area contributed by atoms with Gasteiger partial charge in [0, 0.05) is 31.7 Å². The summed E-state index contributed by atoms with van der Waals surface area (Å²) in [5.74, 6) is -0.142. The standard InChI is InChI=1S/C20H21N3O4S/c1-15-4-2-3-5-17(15)13-28(25,26)23-10-8-22(9-11-23)20(24)16-6-7-19-18(12-16)21-14-27-19/h2-7,12,14H,8-11,13H2,1H3. The average Bonchev–Trinajstić information content (AvgIpc) is 3.17. The lowest BCUT2D eigenvalue weighted by molar-refractivity contribution is 0.0698. The lowest BCUT2D eigenvalue weighted by Gasteiger charge is -2.34. The van der Waals surface area contributed by atoms with Gasteiger partial charge in [0.2, 0.25) is 10.0 Å². The van der Waals surface area contributed by atoms with Crippen molar-refractivity contribution < 1.29 is 17.6 Å². The van der Waals surface area contributed by atoms with Gasteiger partial charge >= 0.3 is 0 Å². The molecule has 1 aliphatic heterocycles. The Labute approximate surface area is 163 Å². The van der Waals surface area contributed by atoms with Crippen molar-refractivity contribution in [3.05, 3.63) is 65.5 Å². The number of fused-ring (bicyclic) bond motifs is 1. The van der Waals surface area contributed by atoms with Crippen LogP contribution in [0.25, 0.3) is 11.1 Å². The zero-order chi connectivity index (χ0) is 19.7. The minimum atomic E-state index is -3.42. The molecule has 1 fully saturated rings. The Morgan fingerprint density at radius 3 is 2.61 bits per heavy atom. The first-order chi connectivity index (χ1) is 13.4. The van der Waals surface area contributed by atoms with Gasteiger partial charge in [-0.3, -0.25) is 4.79 Å². The van der Waals surface area contributed by atoms with Crippen LogP contribution in [0.15, 0.2) is 53.3 Å². The van der Waals surface area contributed by atoms with E-state index in [9.17, 15) is 13.2 Å². The Morgan fingerprint density at radius 2 is 1.86 bits per heavy atom. The van der Waals surface area contributed by atoms with E-state index in [2.05, 4.69) is 4.98 Å². The molecule has 0 bridgehead atoms. The molecule has 3 aromatic rings. The molecule has 0 N–H and O–H groups in total. The molecule has 2 aromatic carbocycles. The molecule has 1 aromatic heterocycles. The fourth-order valence-electron chi connectivity index (χ4n) is 3.40. The van der Waals surface area contributed by atoms with Gasteiger partial charge in [0.05, 0.1) is 5.75 Å². The van der Waals surface area contributed by atoms with Crippen molar-refractivity contribution >= 4 is 27.0 Å². The Hall–Kier alpha value is -2.71. The zero-order valence-electron chi connectivity index (χ0n) is 15.5. The van der Waals surface area contributed by atoms with Crippen molar-refractivity contribution in [2.75, 3.05) is 26.2 Å². The number of hydrogen-bond acceptors (Lipinski definition) is 5. The predicted octanol–water partition coefficient (Wildman–Crippen LogP) is 2.42. The number of nitrogens with zero attached hydrogens (tertiary/aromatic N) is 3. The predicted molar refractivity (Wildman–Crippen MR) is 105 cm³/mol. The summed E-state index contributed by atoms with van der Waals surface area (Å²) in [6.07, 6.45) is 1.34. The first-order valence-corrected chi connectivity index (χ1v) is 10.7. The molecule has 0 spiro atoms. The highest BCUT2D eigenvalue weighted by molar-refractivity contribution is 7.88. The summed E-state index contributed by atoms with van der Waals surface area (Å²) in [7, 11) is -3.42. The molecule has 2 heterocycles. The van der Waals surface area contributed by atoms with Crippen LogP contribution in [0, 0.1) is 6.92 Å². The number of sulfonamides is 1. The van der Waals surface area contributed by atoms with Gasteiger partial charge in [0.1, 0.15) is 5.52 Å². The summed E-state index contributed by atoms with van der Waals surface area (Å²) in [6.45, 7) is 3.23. The fraction of sp³-hybridized carbons (Fsp3) is 0.300. The lowest BCUT2D eigenvalue weighted by atomic mass is 10.1. The molecule has 28 heavy (non-hydrogen) atoms. The van der Waals surface area contributed by atoms with E-state index >= 15 is 0 Å². The Balaban J connectivity index is 1.42. The third-order valence-electron chi connectivity index (χ3n) is 5.10. The van der Waals surface area contributed by atoms with Gasteiger partial charge in [0.25, 0.3) is 5.91 Å². The maximum atomic E-state index is 12.8. The summed E-state index contributed by atoms with van der Waals surface area (Å²) in [5, 5.41) is 0. The van der Waals surface area contributed by atoms with E-state index in [4.69, 9.17) is 4.42 Å². The van der Waals surface area contributed by atoms with Gasteiger partial charge in [0.15, 0.2) is 12.0 Å². The minimum Gasteiger partial charge on any atom is -0.443 e. The van der Waals surface area contributed by atoms with Crippen LogP contribution in [0.3, 0.4) is 0 Å². The Bertz CT molecular complexity index is 1120. The second kappa shape index (κ2) is 7.37. The van der Waals surface area contributed by atoms with Crippen molar-refractivity contribution in [2.24, 2.45) is 0 Å². The zero-order valence-corrected chi connectivity index (χ0v) is 16.4. The monoisotopic (exact) mass is 399 g/mol. The smallest absolute Gasteiger partial charge is 0.254 e. The Kier molecular flexibility index (Phi) is 4.91. The molecule has 4 rings (SSSR count). The molecule has 1 amide bonds. The van der Waals surface area contributed by atoms with Crippen LogP contribution in [0.5, 0.6) is 0 Å². The Morgan fingerprint density at radius 1 is 1.11 bits per heavy atom. The highest BCUT2D eigenvalue weighted by Gasteiger charge is 2.29. The number of hydrogen-bond donors (Lipinski definition) is 0. The summed E-state index contributed by atoms with van der Waals surface area (Å²) in [4.78, 5) is 18.5. The molecular weight excluding hydrogens is 378 g/mol. The van der Waals surface area contributed by atoms with Crippen molar-refractivity contribution in [1.82, 2.24) is 14.2 Å². The van der Waals surface area contributed by atoms with Crippen LogP contribution in [0.1, 0.15) is 21.5 Å². The quantitative estimate of drug-likeness (QED) is 0.673. The molecule has 0 saturated carbocycles. The van der Waals surface area contributed by atoms with E-state index in [0.29, 0.717) is 42.8 Å². The third kappa shape index (κ3) is 3.65. The number of piperazine rings is 1. The molecule has 8 heteroatoms. The SMILES string of the molecule is Cc1ccccc1CS(=O)(=O)N1CCN(C(=O)c2ccc3ocnc3c2)CC1. The van der Waals surface area contributed by atoms with Gasteiger partial charge in [-0.25, -0.2) is 13.4 Å². The molecule has 0 unspecified atom stereocenters. The van der Waals surface area contributed by atoms with Crippen LogP contribution < -0.4 is 0 Å². The number of carbonyl (C=O) groups excluding carboxylic acids is 1. The van der Waals surface area contributed by atoms with Crippen LogP contribution in [-0.2, 0) is 15.8 Å². The van der Waals surface area contributed by atoms with E-state index < -0.39 is 10.0 Å². The number of aromatic nitrogens is 1. The van der Waals surface area contributed by atoms with Crippen LogP contribution in [-0.4, -0.2) is 54.7 Å². The van der Waals surface area contributed by atoms with Gasteiger partial charge < -0.3 is 9.32 Å². The number of oxazole rings is 1. The van der Waals surface area contributed by atoms with Gasteiger partial charge in [-0.05, 0) is 36.2 Å². The maximum Gasteiger partial charge on any atom is 0.254 e. The lowest BCUT2D eigenvalue weighted by Crippen LogP contribution is -2.50. The molecule has 1 aliphatic rings. The van der Waals surface area contributed by atoms with E-state index in [1.165, 1.54) is 10.7 Å². The third-order valence-corrected chi connectivity index (χ3v) is 6.92. The molecular formula is C20H21N3O4S. The summed E-state index contributed by atoms with van der Waals surface area (Å²) in [6, 6.07) is 12.6. The summed E-state index contributed by atoms with van der Waals surface area (Å²) in [5.41, 5.74) is 3.55. The van der Waals surface area contributed by atoms with Crippen molar-refractivity contribution in [1.29, 1.82) is 0 Å². The molecule has 7 nitrogen and oxygen atoms in total. The first-order valence-electron chi connectivity index (χ1n) is 9.09. The van der Waals surface area contributed by atoms with Crippen LogP contribution >= 0.6 is 0 Å². The molecule has 0 aliphatic carbocycles. The van der Waals surface area contributed by atoms with Gasteiger partial charge in [-0.2, -0.15) is 4.31 Å². The van der Waals surface area contributed by atoms with Crippen LogP contribution in [0.2, 0.25) is 0 Å². The number of rotatable bonds is 4. The first kappa shape index (κ1) is 18.6. The second-order valence-electron chi connectivity index (χ2n) is 6.91. The number of aryl methyl sites for hydroxylation is 1. The highest BCUT2D eigenvalue weighted by atomic mass is 32.2. The van der Waals surface area contributed by atoms with E-state index in [-0.39, 0.29) is 11.7 Å². The molecule has 0 atom stereocenters. The molecule has 0 radical (unpaired) electrons. The van der Waals surface area contributed by atoms with Crippen molar-refractivity contribution in [3.8, 4) is 0 Å². The molecule has 1 saturated heterocycles. The number of carbonyl (C=O) groups is 1. The molecule has 146 valence electrons. The topological polar surface area (TPSA) is 83.7 Å². The fourth-order valence-corrected chi connectivity index (χ4v) is 5.02. The number of amides is 1. The van der Waals surface area contributed by atoms with Gasteiger partial charge in [-0.15, -0.1) is 0 Å². The normalized spacial score (nSPS) is 15.8. The van der Waals surface area contributed by atoms with Gasteiger partial charge in [-0.1, -0.05) is 24.3 Å². The van der Waals surface area contributed by atoms with E-state index in [0.717, 1.165) is 11.1 Å². The van der Waals surface area contributed by atoms with E-state index in [1.54, 1.807) is 23.1 Å². The average molecular weight is 399 g/mol. The summed E-state index contributed by atoms with van der Waals surface area (Å²) < 4.78 is 32.2.